The third-order valence-corrected chi connectivity index (χ3v) is 5.99. The Balaban J connectivity index is 1.64. The number of carbonyl (C=O) groups excluding carboxylic acids is 1. The second-order valence-corrected chi connectivity index (χ2v) is 8.62. The smallest absolute Gasteiger partial charge is 0.261 e. The lowest BCUT2D eigenvalue weighted by molar-refractivity contribution is -0.112. The first kappa shape index (κ1) is 16.2. The Morgan fingerprint density at radius 3 is 3.04 bits per heavy atom. The molecule has 0 aliphatic carbocycles. The van der Waals surface area contributed by atoms with Crippen LogP contribution in [0.25, 0.3) is 10.2 Å². The molecule has 0 unspecified atom stereocenters. The van der Waals surface area contributed by atoms with E-state index >= 15 is 0 Å². The molecule has 1 aromatic heterocycles. The number of fused-ring (bicyclic) bond motifs is 2. The number of halogens is 1. The minimum Gasteiger partial charge on any atom is -0.331 e. The first-order valence-corrected chi connectivity index (χ1v) is 10.1. The van der Waals surface area contributed by atoms with Crippen molar-refractivity contribution >= 4 is 60.1 Å². The maximum absolute atomic E-state index is 12.6. The number of amides is 1. The van der Waals surface area contributed by atoms with Gasteiger partial charge >= 0.3 is 0 Å². The van der Waals surface area contributed by atoms with Crippen molar-refractivity contribution < 1.29 is 13.2 Å². The number of benzene rings is 1. The van der Waals surface area contributed by atoms with E-state index in [-0.39, 0.29) is 23.7 Å². The number of amidine groups is 1. The van der Waals surface area contributed by atoms with Crippen LogP contribution in [0.4, 0.5) is 5.13 Å². The van der Waals surface area contributed by atoms with E-state index in [4.69, 9.17) is 11.6 Å². The fourth-order valence-electron chi connectivity index (χ4n) is 2.51. The Labute approximate surface area is 152 Å². The lowest BCUT2D eigenvalue weighted by Crippen LogP contribution is -2.40. The molecule has 0 spiro atoms. The molecule has 1 amide bonds. The van der Waals surface area contributed by atoms with Gasteiger partial charge in [-0.1, -0.05) is 22.9 Å². The molecule has 0 radical (unpaired) electrons. The summed E-state index contributed by atoms with van der Waals surface area (Å²) in [5.74, 6) is -0.403. The Morgan fingerprint density at radius 2 is 2.20 bits per heavy atom. The van der Waals surface area contributed by atoms with Crippen LogP contribution >= 0.6 is 22.9 Å². The molecule has 0 fully saturated rings. The number of nitrogens with zero attached hydrogens (tertiary/aromatic N) is 3. The molecule has 0 saturated heterocycles. The minimum atomic E-state index is -3.55. The van der Waals surface area contributed by atoms with Crippen molar-refractivity contribution in [2.24, 2.45) is 4.40 Å². The molecule has 1 N–H and O–H groups in total. The van der Waals surface area contributed by atoms with Gasteiger partial charge in [-0.3, -0.25) is 10.1 Å². The van der Waals surface area contributed by atoms with Crippen LogP contribution in [0.15, 0.2) is 46.5 Å². The lowest BCUT2D eigenvalue weighted by atomic mass is 10.1. The van der Waals surface area contributed by atoms with E-state index in [0.717, 1.165) is 10.2 Å². The highest BCUT2D eigenvalue weighted by molar-refractivity contribution is 7.90. The van der Waals surface area contributed by atoms with Crippen molar-refractivity contribution in [1.29, 1.82) is 0 Å². The molecule has 1 aromatic carbocycles. The average Bonchev–Trinajstić information content (AvgIpc) is 2.94. The van der Waals surface area contributed by atoms with Gasteiger partial charge in [-0.05, 0) is 30.4 Å². The minimum absolute atomic E-state index is 0.0750. The number of carbonyl (C=O) groups is 1. The number of hydrogen-bond donors (Lipinski definition) is 1. The maximum atomic E-state index is 12.6. The molecule has 0 atom stereocenters. The van der Waals surface area contributed by atoms with Gasteiger partial charge < -0.3 is 4.90 Å². The number of sulfonamides is 1. The van der Waals surface area contributed by atoms with E-state index in [1.807, 2.05) is 0 Å². The summed E-state index contributed by atoms with van der Waals surface area (Å²) in [6, 6.07) is 5.27. The van der Waals surface area contributed by atoms with Crippen LogP contribution in [0, 0.1) is 0 Å². The average molecular weight is 395 g/mol. The van der Waals surface area contributed by atoms with Gasteiger partial charge in [-0.2, -0.15) is 0 Å². The van der Waals surface area contributed by atoms with E-state index in [0.29, 0.717) is 10.2 Å². The SMILES string of the molecule is O=C(Nc1nc2ccc(Cl)cc2s1)C1=CC=CN2CCS(=O)(=O)N=C12. The molecular formula is C15H11ClN4O3S2. The molecule has 7 nitrogen and oxygen atoms in total. The van der Waals surface area contributed by atoms with Crippen LogP contribution in [0.3, 0.4) is 0 Å². The number of rotatable bonds is 2. The normalized spacial score (nSPS) is 18.5. The summed E-state index contributed by atoms with van der Waals surface area (Å²) < 4.78 is 28.1. The second-order valence-electron chi connectivity index (χ2n) is 5.40. The molecule has 3 heterocycles. The van der Waals surface area contributed by atoms with Crippen molar-refractivity contribution in [2.75, 3.05) is 17.6 Å². The van der Waals surface area contributed by atoms with Crippen LogP contribution in [0.5, 0.6) is 0 Å². The van der Waals surface area contributed by atoms with Crippen LogP contribution in [0.1, 0.15) is 0 Å². The zero-order chi connectivity index (χ0) is 17.6. The van der Waals surface area contributed by atoms with E-state index in [1.165, 1.54) is 17.4 Å². The molecule has 0 bridgehead atoms. The largest absolute Gasteiger partial charge is 0.331 e. The first-order chi connectivity index (χ1) is 11.9. The van der Waals surface area contributed by atoms with Crippen LogP contribution < -0.4 is 5.32 Å². The van der Waals surface area contributed by atoms with Gasteiger partial charge in [0.1, 0.15) is 0 Å². The molecule has 2 aliphatic heterocycles. The zero-order valence-corrected chi connectivity index (χ0v) is 15.0. The van der Waals surface area contributed by atoms with Gasteiger partial charge in [-0.25, -0.2) is 13.4 Å². The summed E-state index contributed by atoms with van der Waals surface area (Å²) >= 11 is 7.24. The first-order valence-electron chi connectivity index (χ1n) is 7.27. The van der Waals surface area contributed by atoms with Crippen LogP contribution in [-0.2, 0) is 14.8 Å². The number of nitrogens with one attached hydrogen (secondary N) is 1. The fraction of sp³-hybridized carbons (Fsp3) is 0.133. The van der Waals surface area contributed by atoms with E-state index in [2.05, 4.69) is 14.7 Å². The number of aromatic nitrogens is 1. The number of anilines is 1. The van der Waals surface area contributed by atoms with Crippen molar-refractivity contribution in [3.8, 4) is 0 Å². The highest BCUT2D eigenvalue weighted by Gasteiger charge is 2.30. The summed E-state index contributed by atoms with van der Waals surface area (Å²) in [6.07, 6.45) is 4.92. The van der Waals surface area contributed by atoms with E-state index in [1.54, 1.807) is 35.4 Å². The predicted molar refractivity (Wildman–Crippen MR) is 98.4 cm³/mol. The molecule has 4 rings (SSSR count). The third-order valence-electron chi connectivity index (χ3n) is 3.67. The lowest BCUT2D eigenvalue weighted by Gasteiger charge is -2.28. The quantitative estimate of drug-likeness (QED) is 0.844. The van der Waals surface area contributed by atoms with Crippen molar-refractivity contribution in [3.05, 3.63) is 47.1 Å². The van der Waals surface area contributed by atoms with Gasteiger partial charge in [0.2, 0.25) is 0 Å². The van der Waals surface area contributed by atoms with Crippen LogP contribution in [-0.4, -0.2) is 42.3 Å². The van der Waals surface area contributed by atoms with Crippen LogP contribution in [0.2, 0.25) is 5.02 Å². The summed E-state index contributed by atoms with van der Waals surface area (Å²) in [5.41, 5.74) is 0.907. The Morgan fingerprint density at radius 1 is 1.36 bits per heavy atom. The molecule has 2 aromatic rings. The summed E-state index contributed by atoms with van der Waals surface area (Å²) in [4.78, 5) is 18.6. The highest BCUT2D eigenvalue weighted by Crippen LogP contribution is 2.29. The Kier molecular flexibility index (Phi) is 3.86. The molecule has 128 valence electrons. The highest BCUT2D eigenvalue weighted by atomic mass is 35.5. The predicted octanol–water partition coefficient (Wildman–Crippen LogP) is 2.39. The maximum Gasteiger partial charge on any atom is 0.261 e. The molecule has 10 heteroatoms. The van der Waals surface area contributed by atoms with E-state index < -0.39 is 15.9 Å². The van der Waals surface area contributed by atoms with Gasteiger partial charge in [0.25, 0.3) is 15.9 Å². The topological polar surface area (TPSA) is 91.7 Å². The molecule has 25 heavy (non-hydrogen) atoms. The number of thiazole rings is 1. The van der Waals surface area contributed by atoms with Crippen molar-refractivity contribution in [2.45, 2.75) is 0 Å². The van der Waals surface area contributed by atoms with Gasteiger partial charge in [-0.15, -0.1) is 4.40 Å². The second kappa shape index (κ2) is 5.94. The van der Waals surface area contributed by atoms with Gasteiger partial charge in [0.15, 0.2) is 11.0 Å². The zero-order valence-electron chi connectivity index (χ0n) is 12.6. The summed E-state index contributed by atoms with van der Waals surface area (Å²) in [5, 5.41) is 3.70. The van der Waals surface area contributed by atoms with Crippen molar-refractivity contribution in [3.63, 3.8) is 0 Å². The molecule has 0 saturated carbocycles. The summed E-state index contributed by atoms with van der Waals surface area (Å²) in [6.45, 7) is 0.266. The summed E-state index contributed by atoms with van der Waals surface area (Å²) in [7, 11) is -3.55. The van der Waals surface area contributed by atoms with Crippen molar-refractivity contribution in [1.82, 2.24) is 9.88 Å². The van der Waals surface area contributed by atoms with Gasteiger partial charge in [0, 0.05) is 17.8 Å². The molecule has 2 aliphatic rings. The molecular weight excluding hydrogens is 384 g/mol. The standard InChI is InChI=1S/C15H11ClN4O3S2/c16-9-3-4-11-12(8-9)24-15(17-11)18-14(21)10-2-1-5-20-6-7-25(22,23)19-13(10)20/h1-5,8H,6-7H2,(H,17,18,21). The number of hydrogen-bond acceptors (Lipinski definition) is 6. The Bertz CT molecular complexity index is 1090. The number of allylic oxidation sites excluding steroid dienone is 2. The monoisotopic (exact) mass is 394 g/mol. The Hall–Kier alpha value is -2.23. The fourth-order valence-corrected chi connectivity index (χ4v) is 4.63. The van der Waals surface area contributed by atoms with Gasteiger partial charge in [0.05, 0.1) is 21.5 Å². The van der Waals surface area contributed by atoms with E-state index in [9.17, 15) is 13.2 Å². The third kappa shape index (κ3) is 3.17.